The molecule has 0 bridgehead atoms. The van der Waals surface area contributed by atoms with Crippen molar-refractivity contribution in [2.75, 3.05) is 18.2 Å². The van der Waals surface area contributed by atoms with Crippen molar-refractivity contribution < 1.29 is 14.3 Å². The number of ether oxygens (including phenoxy) is 1. The number of aromatic nitrogens is 3. The number of hydrogen-bond donors (Lipinski definition) is 1. The zero-order valence-electron chi connectivity index (χ0n) is 16.9. The Kier molecular flexibility index (Phi) is 7.17. The topological polar surface area (TPSA) is 86.1 Å². The van der Waals surface area contributed by atoms with Crippen LogP contribution in [-0.2, 0) is 16.6 Å². The Bertz CT molecular complexity index is 1060. The minimum absolute atomic E-state index is 0.138. The molecule has 0 fully saturated rings. The summed E-state index contributed by atoms with van der Waals surface area (Å²) in [4.78, 5) is 24.9. The highest BCUT2D eigenvalue weighted by Crippen LogP contribution is 2.36. The van der Waals surface area contributed by atoms with Gasteiger partial charge in [-0.25, -0.2) is 4.79 Å². The average Bonchev–Trinajstić information content (AvgIpc) is 3.30. The molecule has 0 atom stereocenters. The minimum Gasteiger partial charge on any atom is -0.465 e. The number of halogens is 1. The third-order valence-corrected chi connectivity index (χ3v) is 6.47. The lowest BCUT2D eigenvalue weighted by molar-refractivity contribution is -0.113. The second kappa shape index (κ2) is 9.63. The number of carbonyl (C=O) groups excluding carboxylic acids is 2. The van der Waals surface area contributed by atoms with Gasteiger partial charge in [-0.05, 0) is 17.7 Å². The number of amides is 1. The molecule has 0 aliphatic carbocycles. The molecule has 0 aliphatic rings. The van der Waals surface area contributed by atoms with Gasteiger partial charge in [0.2, 0.25) is 5.91 Å². The van der Waals surface area contributed by atoms with Gasteiger partial charge in [-0.15, -0.1) is 21.5 Å². The summed E-state index contributed by atoms with van der Waals surface area (Å²) in [6, 6.07) is 7.13. The van der Waals surface area contributed by atoms with Crippen LogP contribution in [0.25, 0.3) is 11.1 Å². The Balaban J connectivity index is 1.76. The molecule has 158 valence electrons. The van der Waals surface area contributed by atoms with Crippen LogP contribution in [-0.4, -0.2) is 39.5 Å². The molecule has 1 amide bonds. The van der Waals surface area contributed by atoms with E-state index in [-0.39, 0.29) is 17.6 Å². The fourth-order valence-electron chi connectivity index (χ4n) is 2.84. The molecule has 0 saturated carbocycles. The molecule has 2 aromatic heterocycles. The number of nitrogens with zero attached hydrogens (tertiary/aromatic N) is 3. The lowest BCUT2D eigenvalue weighted by Gasteiger charge is -2.08. The number of thiophene rings is 1. The Hall–Kier alpha value is -2.36. The largest absolute Gasteiger partial charge is 0.465 e. The predicted molar refractivity (Wildman–Crippen MR) is 121 cm³/mol. The fourth-order valence-corrected chi connectivity index (χ4v) is 4.66. The number of esters is 1. The predicted octanol–water partition coefficient (Wildman–Crippen LogP) is 4.84. The Morgan fingerprint density at radius 3 is 2.57 bits per heavy atom. The summed E-state index contributed by atoms with van der Waals surface area (Å²) >= 11 is 8.52. The van der Waals surface area contributed by atoms with Crippen molar-refractivity contribution in [1.82, 2.24) is 14.8 Å². The van der Waals surface area contributed by atoms with E-state index >= 15 is 0 Å². The van der Waals surface area contributed by atoms with Crippen LogP contribution in [0.2, 0.25) is 5.02 Å². The number of methoxy groups -OCH3 is 1. The molecule has 1 N–H and O–H groups in total. The lowest BCUT2D eigenvalue weighted by Crippen LogP contribution is -2.16. The smallest absolute Gasteiger partial charge is 0.341 e. The maximum atomic E-state index is 12.5. The standard InChI is InChI=1S/C20H21ClN4O3S2/c1-11(2)17-23-24-20(25(17)3)30-10-15(26)22-18-16(19(27)28-4)14(9-29-18)12-5-7-13(21)8-6-12/h5-9,11H,10H2,1-4H3,(H,22,26). The lowest BCUT2D eigenvalue weighted by atomic mass is 10.0. The first-order valence-corrected chi connectivity index (χ1v) is 11.3. The van der Waals surface area contributed by atoms with Gasteiger partial charge >= 0.3 is 5.97 Å². The summed E-state index contributed by atoms with van der Waals surface area (Å²) in [5, 5.41) is 14.6. The van der Waals surface area contributed by atoms with E-state index in [1.165, 1.54) is 30.2 Å². The first-order valence-electron chi connectivity index (χ1n) is 9.09. The van der Waals surface area contributed by atoms with Crippen LogP contribution < -0.4 is 5.32 Å². The van der Waals surface area contributed by atoms with Crippen LogP contribution in [0.1, 0.15) is 35.9 Å². The van der Waals surface area contributed by atoms with Crippen LogP contribution >= 0.6 is 34.7 Å². The molecule has 3 aromatic rings. The van der Waals surface area contributed by atoms with Crippen molar-refractivity contribution in [2.24, 2.45) is 7.05 Å². The summed E-state index contributed by atoms with van der Waals surface area (Å²) in [7, 11) is 3.19. The number of nitrogens with one attached hydrogen (secondary N) is 1. The van der Waals surface area contributed by atoms with E-state index in [1.807, 2.05) is 43.0 Å². The van der Waals surface area contributed by atoms with Gasteiger partial charge in [0.1, 0.15) is 16.4 Å². The van der Waals surface area contributed by atoms with E-state index in [0.717, 1.165) is 11.4 Å². The quantitative estimate of drug-likeness (QED) is 0.397. The van der Waals surface area contributed by atoms with Gasteiger partial charge < -0.3 is 14.6 Å². The molecular formula is C20H21ClN4O3S2. The minimum atomic E-state index is -0.515. The fraction of sp³-hybridized carbons (Fsp3) is 0.300. The van der Waals surface area contributed by atoms with Gasteiger partial charge in [-0.3, -0.25) is 4.79 Å². The molecule has 3 rings (SSSR count). The maximum absolute atomic E-state index is 12.5. The van der Waals surface area contributed by atoms with Crippen molar-refractivity contribution in [2.45, 2.75) is 24.9 Å². The summed E-state index contributed by atoms with van der Waals surface area (Å²) in [5.74, 6) is 0.476. The van der Waals surface area contributed by atoms with Crippen molar-refractivity contribution >= 4 is 51.6 Å². The van der Waals surface area contributed by atoms with Crippen LogP contribution in [0, 0.1) is 0 Å². The van der Waals surface area contributed by atoms with Crippen LogP contribution in [0.3, 0.4) is 0 Å². The van der Waals surface area contributed by atoms with Gasteiger partial charge in [0, 0.05) is 28.9 Å². The third-order valence-electron chi connectivity index (χ3n) is 4.31. The molecule has 0 saturated heterocycles. The number of rotatable bonds is 7. The van der Waals surface area contributed by atoms with Crippen molar-refractivity contribution in [3.8, 4) is 11.1 Å². The van der Waals surface area contributed by atoms with Gasteiger partial charge in [0.25, 0.3) is 0 Å². The Morgan fingerprint density at radius 2 is 1.97 bits per heavy atom. The number of anilines is 1. The first-order chi connectivity index (χ1) is 14.3. The normalized spacial score (nSPS) is 11.0. The molecule has 7 nitrogen and oxygen atoms in total. The average molecular weight is 465 g/mol. The van der Waals surface area contributed by atoms with E-state index in [4.69, 9.17) is 16.3 Å². The van der Waals surface area contributed by atoms with Crippen molar-refractivity contribution in [3.05, 3.63) is 46.1 Å². The molecule has 10 heteroatoms. The van der Waals surface area contributed by atoms with E-state index < -0.39 is 5.97 Å². The monoisotopic (exact) mass is 464 g/mol. The highest BCUT2D eigenvalue weighted by atomic mass is 35.5. The maximum Gasteiger partial charge on any atom is 0.341 e. The Morgan fingerprint density at radius 1 is 1.27 bits per heavy atom. The molecular weight excluding hydrogens is 444 g/mol. The summed E-state index contributed by atoms with van der Waals surface area (Å²) in [6.45, 7) is 4.07. The van der Waals surface area contributed by atoms with E-state index in [0.29, 0.717) is 26.3 Å². The zero-order valence-corrected chi connectivity index (χ0v) is 19.3. The van der Waals surface area contributed by atoms with Crippen molar-refractivity contribution in [1.29, 1.82) is 0 Å². The zero-order chi connectivity index (χ0) is 21.8. The Labute approximate surface area is 187 Å². The number of benzene rings is 1. The second-order valence-electron chi connectivity index (χ2n) is 6.74. The van der Waals surface area contributed by atoms with Gasteiger partial charge in [-0.2, -0.15) is 0 Å². The van der Waals surface area contributed by atoms with E-state index in [2.05, 4.69) is 15.5 Å². The summed E-state index contributed by atoms with van der Waals surface area (Å²) < 4.78 is 6.82. The second-order valence-corrected chi connectivity index (χ2v) is 9.00. The SMILES string of the molecule is COC(=O)c1c(-c2ccc(Cl)cc2)csc1NC(=O)CSc1nnc(C(C)C)n1C. The van der Waals surface area contributed by atoms with Gasteiger partial charge in [0.05, 0.1) is 12.9 Å². The highest BCUT2D eigenvalue weighted by molar-refractivity contribution is 7.99. The van der Waals surface area contributed by atoms with Crippen LogP contribution in [0.15, 0.2) is 34.8 Å². The van der Waals surface area contributed by atoms with Gasteiger partial charge in [-0.1, -0.05) is 49.3 Å². The molecule has 0 spiro atoms. The van der Waals surface area contributed by atoms with Crippen molar-refractivity contribution in [3.63, 3.8) is 0 Å². The van der Waals surface area contributed by atoms with Gasteiger partial charge in [0.15, 0.2) is 5.16 Å². The first kappa shape index (κ1) is 22.3. The van der Waals surface area contributed by atoms with Crippen LogP contribution in [0.4, 0.5) is 5.00 Å². The van der Waals surface area contributed by atoms with E-state index in [9.17, 15) is 9.59 Å². The molecule has 0 aliphatic heterocycles. The molecule has 30 heavy (non-hydrogen) atoms. The summed E-state index contributed by atoms with van der Waals surface area (Å²) in [5.41, 5.74) is 1.82. The van der Waals surface area contributed by atoms with E-state index in [1.54, 1.807) is 12.1 Å². The molecule has 2 heterocycles. The number of thioether (sulfide) groups is 1. The summed E-state index contributed by atoms with van der Waals surface area (Å²) in [6.07, 6.45) is 0. The highest BCUT2D eigenvalue weighted by Gasteiger charge is 2.23. The number of carbonyl (C=O) groups is 2. The number of hydrogen-bond acceptors (Lipinski definition) is 7. The van der Waals surface area contributed by atoms with Crippen LogP contribution in [0.5, 0.6) is 0 Å². The molecule has 0 radical (unpaired) electrons. The third kappa shape index (κ3) is 4.85. The molecule has 1 aromatic carbocycles. The molecule has 0 unspecified atom stereocenters.